The van der Waals surface area contributed by atoms with E-state index in [1.54, 1.807) is 36.5 Å². The smallest absolute Gasteiger partial charge is 0.330 e. The molecule has 0 aliphatic heterocycles. The number of amides is 1. The number of furan rings is 1. The molecule has 7 heteroatoms. The third-order valence-electron chi connectivity index (χ3n) is 6.05. The van der Waals surface area contributed by atoms with Crippen LogP contribution in [0.1, 0.15) is 38.1 Å². The Morgan fingerprint density at radius 1 is 0.838 bits per heavy atom. The number of hydrogen-bond donors (Lipinski definition) is 2. The third-order valence-corrected chi connectivity index (χ3v) is 6.05. The van der Waals surface area contributed by atoms with Gasteiger partial charge in [-0.05, 0) is 23.8 Å². The molecule has 3 aromatic carbocycles. The second-order valence-electron chi connectivity index (χ2n) is 8.53. The molecule has 7 nitrogen and oxygen atoms in total. The second-order valence-corrected chi connectivity index (χ2v) is 8.53. The summed E-state index contributed by atoms with van der Waals surface area (Å²) in [5.74, 6) is -1.58. The van der Waals surface area contributed by atoms with Crippen LogP contribution in [0.5, 0.6) is 0 Å². The number of rotatable bonds is 9. The lowest BCUT2D eigenvalue weighted by Crippen LogP contribution is -2.44. The first-order valence-corrected chi connectivity index (χ1v) is 11.8. The van der Waals surface area contributed by atoms with Gasteiger partial charge in [-0.1, -0.05) is 78.9 Å². The predicted octanol–water partition coefficient (Wildman–Crippen LogP) is 5.27. The zero-order chi connectivity index (χ0) is 25.6. The molecule has 0 radical (unpaired) electrons. The molecular weight excluding hydrogens is 468 g/mol. The summed E-state index contributed by atoms with van der Waals surface area (Å²) in [6.07, 6.45) is 1.98. The molecule has 1 amide bonds. The van der Waals surface area contributed by atoms with Gasteiger partial charge in [0.25, 0.3) is 5.91 Å². The summed E-state index contributed by atoms with van der Waals surface area (Å²) in [4.78, 5) is 43.1. The summed E-state index contributed by atoms with van der Waals surface area (Å²) in [6.45, 7) is 0. The van der Waals surface area contributed by atoms with Gasteiger partial charge in [-0.3, -0.25) is 9.59 Å². The molecule has 5 aromatic rings. The van der Waals surface area contributed by atoms with Crippen LogP contribution >= 0.6 is 0 Å². The number of esters is 1. The molecule has 2 atom stereocenters. The molecule has 0 fully saturated rings. The average molecular weight is 493 g/mol. The summed E-state index contributed by atoms with van der Waals surface area (Å²) in [5, 5.41) is 3.44. The molecule has 0 bridgehead atoms. The van der Waals surface area contributed by atoms with Crippen molar-refractivity contribution in [2.24, 2.45) is 0 Å². The van der Waals surface area contributed by atoms with Crippen LogP contribution in [0.2, 0.25) is 0 Å². The zero-order valence-electron chi connectivity index (χ0n) is 19.8. The molecule has 0 aliphatic rings. The van der Waals surface area contributed by atoms with E-state index in [0.717, 1.165) is 16.5 Å². The number of para-hydroxylation sites is 1. The van der Waals surface area contributed by atoms with E-state index >= 15 is 0 Å². The number of carbonyl (C=O) groups is 3. The Labute approximate surface area is 213 Å². The van der Waals surface area contributed by atoms with Crippen LogP contribution in [0.25, 0.3) is 10.9 Å². The van der Waals surface area contributed by atoms with Crippen molar-refractivity contribution in [3.05, 3.63) is 132 Å². The topological polar surface area (TPSA) is 101 Å². The van der Waals surface area contributed by atoms with Crippen LogP contribution in [0.4, 0.5) is 0 Å². The summed E-state index contributed by atoms with van der Waals surface area (Å²) >= 11 is 0. The van der Waals surface area contributed by atoms with Crippen molar-refractivity contribution in [1.29, 1.82) is 0 Å². The predicted molar refractivity (Wildman–Crippen MR) is 138 cm³/mol. The first-order valence-electron chi connectivity index (χ1n) is 11.8. The fourth-order valence-corrected chi connectivity index (χ4v) is 4.20. The molecule has 0 unspecified atom stereocenters. The first-order chi connectivity index (χ1) is 18.1. The Balaban J connectivity index is 1.45. The van der Waals surface area contributed by atoms with Gasteiger partial charge in [0.05, 0.1) is 6.26 Å². The lowest BCUT2D eigenvalue weighted by Gasteiger charge is -2.22. The van der Waals surface area contributed by atoms with E-state index in [9.17, 15) is 14.4 Å². The van der Waals surface area contributed by atoms with E-state index in [1.165, 1.54) is 12.3 Å². The monoisotopic (exact) mass is 492 g/mol. The first kappa shape index (κ1) is 23.8. The zero-order valence-corrected chi connectivity index (χ0v) is 19.8. The highest BCUT2D eigenvalue weighted by atomic mass is 16.5. The average Bonchev–Trinajstić information content (AvgIpc) is 3.63. The third kappa shape index (κ3) is 5.36. The molecule has 37 heavy (non-hydrogen) atoms. The number of H-pyrrole nitrogens is 1. The van der Waals surface area contributed by atoms with Crippen LogP contribution in [0.3, 0.4) is 0 Å². The van der Waals surface area contributed by atoms with Gasteiger partial charge in [0.2, 0.25) is 5.78 Å². The highest BCUT2D eigenvalue weighted by molar-refractivity contribution is 6.10. The maximum absolute atomic E-state index is 13.7. The van der Waals surface area contributed by atoms with Gasteiger partial charge in [0.1, 0.15) is 6.04 Å². The molecule has 2 N–H and O–H groups in total. The number of benzene rings is 3. The molecule has 0 saturated heterocycles. The fourth-order valence-electron chi connectivity index (χ4n) is 4.20. The largest absolute Gasteiger partial charge is 0.459 e. The lowest BCUT2D eigenvalue weighted by atomic mass is 9.99. The molecule has 2 aromatic heterocycles. The number of nitrogens with one attached hydrogen (secondary N) is 2. The quantitative estimate of drug-likeness (QED) is 0.216. The minimum atomic E-state index is -1.20. The van der Waals surface area contributed by atoms with E-state index in [-0.39, 0.29) is 18.0 Å². The maximum Gasteiger partial charge on any atom is 0.330 e. The maximum atomic E-state index is 13.7. The minimum absolute atomic E-state index is 0.0698. The van der Waals surface area contributed by atoms with Crippen LogP contribution in [-0.2, 0) is 16.0 Å². The van der Waals surface area contributed by atoms with Crippen molar-refractivity contribution in [1.82, 2.24) is 10.3 Å². The Morgan fingerprint density at radius 3 is 2.27 bits per heavy atom. The van der Waals surface area contributed by atoms with Crippen LogP contribution in [0.15, 0.2) is 114 Å². The van der Waals surface area contributed by atoms with E-state index in [2.05, 4.69) is 10.3 Å². The molecule has 0 aliphatic carbocycles. The number of fused-ring (bicyclic) bond motifs is 1. The highest BCUT2D eigenvalue weighted by Crippen LogP contribution is 2.28. The molecular formula is C30H24N2O5. The van der Waals surface area contributed by atoms with Crippen LogP contribution in [0, 0.1) is 0 Å². The summed E-state index contributed by atoms with van der Waals surface area (Å²) < 4.78 is 11.1. The van der Waals surface area contributed by atoms with Crippen LogP contribution < -0.4 is 5.32 Å². The number of ketones is 1. The highest BCUT2D eigenvalue weighted by Gasteiger charge is 2.32. The van der Waals surface area contributed by atoms with Gasteiger partial charge in [-0.15, -0.1) is 0 Å². The van der Waals surface area contributed by atoms with Gasteiger partial charge in [-0.25, -0.2) is 4.79 Å². The standard InChI is InChI=1S/C30H24N2O5/c33-27(23-19-31-24-15-8-7-14-22(23)24)28(21-12-5-2-6-13-21)37-30(35)25(18-20-10-3-1-4-11-20)32-29(34)26-16-9-17-36-26/h1-17,19,25,28,31H,18H2,(H,32,34)/t25-,28+/m0/s1. The summed E-state index contributed by atoms with van der Waals surface area (Å²) in [5.41, 5.74) is 2.57. The molecule has 0 spiro atoms. The Kier molecular flexibility index (Phi) is 6.94. The van der Waals surface area contributed by atoms with Gasteiger partial charge in [-0.2, -0.15) is 0 Å². The summed E-state index contributed by atoms with van der Waals surface area (Å²) in [7, 11) is 0. The molecule has 0 saturated carbocycles. The van der Waals surface area contributed by atoms with Crippen molar-refractivity contribution in [2.45, 2.75) is 18.6 Å². The van der Waals surface area contributed by atoms with Crippen molar-refractivity contribution in [2.75, 3.05) is 0 Å². The number of hydrogen-bond acceptors (Lipinski definition) is 5. The Morgan fingerprint density at radius 2 is 1.54 bits per heavy atom. The van der Waals surface area contributed by atoms with Crippen LogP contribution in [-0.4, -0.2) is 28.7 Å². The normalized spacial score (nSPS) is 12.5. The van der Waals surface area contributed by atoms with Crippen molar-refractivity contribution in [3.63, 3.8) is 0 Å². The van der Waals surface area contributed by atoms with Gasteiger partial charge in [0.15, 0.2) is 11.9 Å². The number of Topliss-reactive ketones (excluding diaryl/α,β-unsaturated/α-hetero) is 1. The van der Waals surface area contributed by atoms with Crippen molar-refractivity contribution < 1.29 is 23.5 Å². The SMILES string of the molecule is O=C(N[C@@H](Cc1ccccc1)C(=O)O[C@@H](C(=O)c1c[nH]c2ccccc12)c1ccccc1)c1ccco1. The molecule has 184 valence electrons. The van der Waals surface area contributed by atoms with E-state index in [0.29, 0.717) is 11.1 Å². The number of aromatic amines is 1. The van der Waals surface area contributed by atoms with Gasteiger partial charge >= 0.3 is 5.97 Å². The van der Waals surface area contributed by atoms with E-state index < -0.39 is 24.0 Å². The van der Waals surface area contributed by atoms with E-state index in [1.807, 2.05) is 60.7 Å². The number of carbonyl (C=O) groups excluding carboxylic acids is 3. The molecule has 5 rings (SSSR count). The second kappa shape index (κ2) is 10.8. The van der Waals surface area contributed by atoms with Crippen molar-refractivity contribution in [3.8, 4) is 0 Å². The lowest BCUT2D eigenvalue weighted by molar-refractivity contribution is -0.149. The number of ether oxygens (including phenoxy) is 1. The summed E-state index contributed by atoms with van der Waals surface area (Å²) in [6, 6.07) is 27.6. The number of aromatic nitrogens is 1. The van der Waals surface area contributed by atoms with Crippen molar-refractivity contribution >= 4 is 28.6 Å². The van der Waals surface area contributed by atoms with E-state index in [4.69, 9.17) is 9.15 Å². The molecule has 2 heterocycles. The minimum Gasteiger partial charge on any atom is -0.459 e. The Bertz CT molecular complexity index is 1510. The fraction of sp³-hybridized carbons (Fsp3) is 0.100. The van der Waals surface area contributed by atoms with Gasteiger partial charge < -0.3 is 19.5 Å². The van der Waals surface area contributed by atoms with Gasteiger partial charge in [0, 0.05) is 34.6 Å². The Hall–Kier alpha value is -4.91.